The van der Waals surface area contributed by atoms with Crippen LogP contribution in [-0.2, 0) is 11.8 Å². The van der Waals surface area contributed by atoms with Crippen LogP contribution < -0.4 is 14.8 Å². The van der Waals surface area contributed by atoms with E-state index in [1.807, 2.05) is 73.3 Å². The third kappa shape index (κ3) is 4.47. The zero-order chi connectivity index (χ0) is 19.2. The molecule has 1 atom stereocenters. The molecule has 0 saturated heterocycles. The summed E-state index contributed by atoms with van der Waals surface area (Å²) in [5, 5.41) is 3.01. The number of hydrogen-bond donors (Lipinski definition) is 1. The van der Waals surface area contributed by atoms with Crippen LogP contribution in [0.3, 0.4) is 0 Å². The minimum absolute atomic E-state index is 0.0842. The molecule has 1 amide bonds. The highest BCUT2D eigenvalue weighted by atomic mass is 16.5. The molecule has 6 nitrogen and oxygen atoms in total. The zero-order valence-corrected chi connectivity index (χ0v) is 15.7. The Kier molecular flexibility index (Phi) is 5.76. The molecule has 1 unspecified atom stereocenters. The molecule has 3 aromatic rings. The first-order chi connectivity index (χ1) is 13.1. The van der Waals surface area contributed by atoms with Gasteiger partial charge in [-0.05, 0) is 25.1 Å². The molecule has 0 aliphatic rings. The van der Waals surface area contributed by atoms with Crippen LogP contribution in [0, 0.1) is 6.92 Å². The number of aromatic nitrogens is 2. The van der Waals surface area contributed by atoms with Gasteiger partial charge in [0.2, 0.25) is 0 Å². The average Bonchev–Trinajstić information content (AvgIpc) is 3.11. The highest BCUT2D eigenvalue weighted by Gasteiger charge is 2.23. The maximum atomic E-state index is 12.6. The fourth-order valence-electron chi connectivity index (χ4n) is 2.83. The lowest BCUT2D eigenvalue weighted by Gasteiger charge is -2.21. The molecule has 0 aliphatic carbocycles. The number of aryl methyl sites for hydroxylation is 2. The quantitative estimate of drug-likeness (QED) is 0.699. The smallest absolute Gasteiger partial charge is 0.258 e. The Labute approximate surface area is 158 Å². The molecule has 0 bridgehead atoms. The Hall–Kier alpha value is -3.28. The number of amides is 1. The molecule has 1 N–H and O–H groups in total. The lowest BCUT2D eigenvalue weighted by atomic mass is 10.0. The van der Waals surface area contributed by atoms with Crippen molar-refractivity contribution < 1.29 is 14.3 Å². The van der Waals surface area contributed by atoms with E-state index < -0.39 is 6.04 Å². The van der Waals surface area contributed by atoms with Crippen LogP contribution in [-0.4, -0.2) is 29.2 Å². The Bertz CT molecular complexity index is 903. The van der Waals surface area contributed by atoms with Gasteiger partial charge in [0.15, 0.2) is 6.61 Å². The lowest BCUT2D eigenvalue weighted by molar-refractivity contribution is -0.123. The first-order valence-corrected chi connectivity index (χ1v) is 8.67. The van der Waals surface area contributed by atoms with Crippen LogP contribution in [0.1, 0.15) is 23.0 Å². The van der Waals surface area contributed by atoms with Crippen molar-refractivity contribution in [1.82, 2.24) is 14.9 Å². The molecule has 0 aliphatic heterocycles. The summed E-state index contributed by atoms with van der Waals surface area (Å²) < 4.78 is 12.9. The van der Waals surface area contributed by atoms with E-state index in [0.717, 1.165) is 11.1 Å². The average molecular weight is 365 g/mol. The highest BCUT2D eigenvalue weighted by Crippen LogP contribution is 2.28. The molecule has 0 saturated carbocycles. The molecule has 1 aromatic heterocycles. The molecule has 3 rings (SSSR count). The number of nitrogens with zero attached hydrogens (tertiary/aromatic N) is 2. The highest BCUT2D eigenvalue weighted by molar-refractivity contribution is 5.78. The number of para-hydroxylation sites is 1. The van der Waals surface area contributed by atoms with Gasteiger partial charge in [-0.25, -0.2) is 4.98 Å². The number of rotatable bonds is 7. The number of methoxy groups -OCH3 is 1. The molecular weight excluding hydrogens is 342 g/mol. The van der Waals surface area contributed by atoms with Crippen molar-refractivity contribution in [3.8, 4) is 11.5 Å². The molecule has 0 radical (unpaired) electrons. The summed E-state index contributed by atoms with van der Waals surface area (Å²) in [4.78, 5) is 17.0. The van der Waals surface area contributed by atoms with E-state index >= 15 is 0 Å². The van der Waals surface area contributed by atoms with Crippen LogP contribution >= 0.6 is 0 Å². The first-order valence-electron chi connectivity index (χ1n) is 8.67. The van der Waals surface area contributed by atoms with Gasteiger partial charge < -0.3 is 19.4 Å². The third-order valence-electron chi connectivity index (χ3n) is 4.26. The Morgan fingerprint density at radius 2 is 1.93 bits per heavy atom. The Balaban J connectivity index is 1.78. The normalized spacial score (nSPS) is 11.7. The van der Waals surface area contributed by atoms with Crippen LogP contribution in [0.15, 0.2) is 60.9 Å². The van der Waals surface area contributed by atoms with Crippen LogP contribution in [0.5, 0.6) is 11.5 Å². The predicted octanol–water partition coefficient (Wildman–Crippen LogP) is 3.02. The minimum Gasteiger partial charge on any atom is -0.496 e. The Morgan fingerprint density at radius 3 is 2.59 bits per heavy atom. The van der Waals surface area contributed by atoms with Gasteiger partial charge in [0, 0.05) is 25.0 Å². The number of hydrogen-bond acceptors (Lipinski definition) is 4. The van der Waals surface area contributed by atoms with E-state index in [9.17, 15) is 4.79 Å². The van der Waals surface area contributed by atoms with Gasteiger partial charge in [0.1, 0.15) is 23.4 Å². The molecular formula is C21H23N3O3. The summed E-state index contributed by atoms with van der Waals surface area (Å²) in [6.45, 7) is 1.92. The number of nitrogens with one attached hydrogen (secondary N) is 1. The van der Waals surface area contributed by atoms with Gasteiger partial charge in [-0.15, -0.1) is 0 Å². The summed E-state index contributed by atoms with van der Waals surface area (Å²) in [6, 6.07) is 14.7. The summed E-state index contributed by atoms with van der Waals surface area (Å²) >= 11 is 0. The summed E-state index contributed by atoms with van der Waals surface area (Å²) in [7, 11) is 3.50. The zero-order valence-electron chi connectivity index (χ0n) is 15.7. The summed E-state index contributed by atoms with van der Waals surface area (Å²) in [5.41, 5.74) is 1.97. The fraction of sp³-hybridized carbons (Fsp3) is 0.238. The van der Waals surface area contributed by atoms with Crippen molar-refractivity contribution >= 4 is 5.91 Å². The molecule has 1 heterocycles. The van der Waals surface area contributed by atoms with Crippen LogP contribution in [0.25, 0.3) is 0 Å². The first kappa shape index (κ1) is 18.5. The maximum Gasteiger partial charge on any atom is 0.258 e. The molecule has 140 valence electrons. The topological polar surface area (TPSA) is 65.4 Å². The molecule has 0 fully saturated rings. The summed E-state index contributed by atoms with van der Waals surface area (Å²) in [5.74, 6) is 1.81. The third-order valence-corrected chi connectivity index (χ3v) is 4.26. The van der Waals surface area contributed by atoms with E-state index in [2.05, 4.69) is 10.3 Å². The second kappa shape index (κ2) is 8.40. The molecule has 0 spiro atoms. The minimum atomic E-state index is -0.449. The maximum absolute atomic E-state index is 12.6. The van der Waals surface area contributed by atoms with Crippen molar-refractivity contribution in [2.24, 2.45) is 7.05 Å². The lowest BCUT2D eigenvalue weighted by Crippen LogP contribution is -2.34. The van der Waals surface area contributed by atoms with Crippen molar-refractivity contribution in [1.29, 1.82) is 0 Å². The van der Waals surface area contributed by atoms with Gasteiger partial charge in [-0.3, -0.25) is 4.79 Å². The van der Waals surface area contributed by atoms with Gasteiger partial charge in [-0.1, -0.05) is 35.9 Å². The van der Waals surface area contributed by atoms with Crippen LogP contribution in [0.2, 0.25) is 0 Å². The van der Waals surface area contributed by atoms with Gasteiger partial charge >= 0.3 is 0 Å². The largest absolute Gasteiger partial charge is 0.496 e. The van der Waals surface area contributed by atoms with Gasteiger partial charge in [0.05, 0.1) is 7.11 Å². The second-order valence-electron chi connectivity index (χ2n) is 6.24. The monoisotopic (exact) mass is 365 g/mol. The molecule has 2 aromatic carbocycles. The molecule has 6 heteroatoms. The van der Waals surface area contributed by atoms with Crippen molar-refractivity contribution in [2.75, 3.05) is 13.7 Å². The van der Waals surface area contributed by atoms with Gasteiger partial charge in [-0.2, -0.15) is 0 Å². The van der Waals surface area contributed by atoms with E-state index in [1.165, 1.54) is 0 Å². The van der Waals surface area contributed by atoms with Crippen molar-refractivity contribution in [2.45, 2.75) is 13.0 Å². The van der Waals surface area contributed by atoms with E-state index in [1.54, 1.807) is 13.3 Å². The van der Waals surface area contributed by atoms with E-state index in [0.29, 0.717) is 17.3 Å². The van der Waals surface area contributed by atoms with Crippen LogP contribution in [0.4, 0.5) is 0 Å². The second-order valence-corrected chi connectivity index (χ2v) is 6.24. The predicted molar refractivity (Wildman–Crippen MR) is 103 cm³/mol. The standard InChI is InChI=1S/C21H23N3O3/c1-15-8-10-16(11-9-15)27-14-19(25)23-20(21-22-12-13-24(21)2)17-6-4-5-7-18(17)26-3/h4-13,20H,14H2,1-3H3,(H,23,25). The fourth-order valence-corrected chi connectivity index (χ4v) is 2.83. The van der Waals surface area contributed by atoms with E-state index in [-0.39, 0.29) is 12.5 Å². The SMILES string of the molecule is COc1ccccc1C(NC(=O)COc1ccc(C)cc1)c1nccn1C. The number of carbonyl (C=O) groups excluding carboxylic acids is 1. The van der Waals surface area contributed by atoms with Crippen molar-refractivity contribution in [3.05, 3.63) is 77.9 Å². The Morgan fingerprint density at radius 1 is 1.19 bits per heavy atom. The number of ether oxygens (including phenoxy) is 2. The van der Waals surface area contributed by atoms with E-state index in [4.69, 9.17) is 9.47 Å². The number of benzene rings is 2. The number of carbonyl (C=O) groups is 1. The number of imidazole rings is 1. The van der Waals surface area contributed by atoms with Crippen molar-refractivity contribution in [3.63, 3.8) is 0 Å². The molecule has 27 heavy (non-hydrogen) atoms. The summed E-state index contributed by atoms with van der Waals surface area (Å²) in [6.07, 6.45) is 3.54. The van der Waals surface area contributed by atoms with Gasteiger partial charge in [0.25, 0.3) is 5.91 Å².